The number of aromatic nitrogens is 5. The topological polar surface area (TPSA) is 149 Å². The third-order valence-electron chi connectivity index (χ3n) is 7.96. The van der Waals surface area contributed by atoms with Crippen LogP contribution in [-0.2, 0) is 18.0 Å². The van der Waals surface area contributed by atoms with E-state index in [0.717, 1.165) is 28.1 Å². The van der Waals surface area contributed by atoms with Crippen molar-refractivity contribution in [3.05, 3.63) is 95.2 Å². The van der Waals surface area contributed by atoms with Crippen LogP contribution in [0.1, 0.15) is 48.7 Å². The number of methoxy groups -OCH3 is 2. The Kier molecular flexibility index (Phi) is 11.9. The number of hydrogen-bond donors (Lipinski definition) is 1. The maximum atomic E-state index is 15.6. The zero-order chi connectivity index (χ0) is 37.4. The van der Waals surface area contributed by atoms with Crippen LogP contribution in [-0.4, -0.2) is 57.5 Å². The molecule has 0 radical (unpaired) electrons. The molecular weight excluding hydrogens is 698 g/mol. The fraction of sp³-hybridized carbons (Fsp3) is 0.278. The zero-order valence-electron chi connectivity index (χ0n) is 29.2. The first-order valence-electron chi connectivity index (χ1n) is 15.9. The molecule has 0 aliphatic rings. The van der Waals surface area contributed by atoms with Gasteiger partial charge in [-0.15, -0.1) is 5.10 Å². The van der Waals surface area contributed by atoms with E-state index in [1.807, 2.05) is 6.92 Å². The van der Waals surface area contributed by atoms with E-state index in [-0.39, 0.29) is 47.0 Å². The molecule has 0 unspecified atom stereocenters. The van der Waals surface area contributed by atoms with Crippen molar-refractivity contribution >= 4 is 29.3 Å². The lowest BCUT2D eigenvalue weighted by atomic mass is 9.91. The highest BCUT2D eigenvalue weighted by Crippen LogP contribution is 2.33. The molecule has 1 N–H and O–H groups in total. The van der Waals surface area contributed by atoms with Crippen LogP contribution >= 0.6 is 11.8 Å². The minimum absolute atomic E-state index is 0.0160. The highest BCUT2D eigenvalue weighted by Gasteiger charge is 2.29. The summed E-state index contributed by atoms with van der Waals surface area (Å²) in [5, 5.41) is 10.1. The van der Waals surface area contributed by atoms with E-state index in [9.17, 15) is 9.59 Å². The number of hydrogen-bond acceptors (Lipinski definition) is 12. The number of nitrogens with one attached hydrogen (secondary N) is 1. The summed E-state index contributed by atoms with van der Waals surface area (Å²) < 4.78 is 53.6. The van der Waals surface area contributed by atoms with Gasteiger partial charge >= 0.3 is 5.97 Å². The summed E-state index contributed by atoms with van der Waals surface area (Å²) in [6.07, 6.45) is 3.45. The van der Waals surface area contributed by atoms with Gasteiger partial charge in [0.2, 0.25) is 11.8 Å². The Balaban J connectivity index is 1.44. The van der Waals surface area contributed by atoms with Crippen molar-refractivity contribution in [1.29, 1.82) is 0 Å². The molecule has 2 heterocycles. The molecular formula is C36H36F2N6O7S. The lowest BCUT2D eigenvalue weighted by Crippen LogP contribution is -2.33. The average molecular weight is 735 g/mol. The molecule has 52 heavy (non-hydrogen) atoms. The molecule has 16 heteroatoms. The molecule has 5 rings (SSSR count). The van der Waals surface area contributed by atoms with Crippen molar-refractivity contribution in [3.8, 4) is 34.5 Å². The molecule has 0 aliphatic carbocycles. The molecule has 0 atom stereocenters. The summed E-state index contributed by atoms with van der Waals surface area (Å²) >= 11 is 1.18. The molecule has 0 spiro atoms. The number of benzene rings is 3. The number of carbonyl (C=O) groups excluding carboxylic acids is 2. The number of amides is 1. The largest absolute Gasteiger partial charge is 0.497 e. The predicted octanol–water partition coefficient (Wildman–Crippen LogP) is 6.55. The lowest BCUT2D eigenvalue weighted by molar-refractivity contribution is -0.156. The van der Waals surface area contributed by atoms with Gasteiger partial charge in [0.05, 0.1) is 25.8 Å². The maximum absolute atomic E-state index is 15.6. The van der Waals surface area contributed by atoms with Crippen molar-refractivity contribution in [2.75, 3.05) is 25.8 Å². The standard InChI is InChI=1S/C36H36F2N6O7S/c1-7-36(2,3)34(46)51-44-18-28(42-43-44)23-16-26(37)30(27(38)17-23)39-31(45)29-32(49-19-21-8-12-24(47-4)13-9-21)40-35(52-6)41-33(29)50-20-22-10-14-25(48-5)15-11-22/h8-18H,7,19-20H2,1-6H3,(H,39,45). The van der Waals surface area contributed by atoms with Gasteiger partial charge in [-0.05, 0) is 79.3 Å². The summed E-state index contributed by atoms with van der Waals surface area (Å²) in [6.45, 7) is 5.21. The van der Waals surface area contributed by atoms with Gasteiger partial charge in [-0.25, -0.2) is 13.6 Å². The molecule has 1 amide bonds. The van der Waals surface area contributed by atoms with Crippen LogP contribution in [0, 0.1) is 17.0 Å². The molecule has 5 aromatic rings. The van der Waals surface area contributed by atoms with Gasteiger partial charge in [0.1, 0.15) is 47.7 Å². The fourth-order valence-corrected chi connectivity index (χ4v) is 4.79. The Bertz CT molecular complexity index is 1950. The number of rotatable bonds is 15. The normalized spacial score (nSPS) is 11.2. The summed E-state index contributed by atoms with van der Waals surface area (Å²) in [7, 11) is 3.10. The summed E-state index contributed by atoms with van der Waals surface area (Å²) in [5.74, 6) is -2.86. The highest BCUT2D eigenvalue weighted by atomic mass is 32.2. The minimum Gasteiger partial charge on any atom is -0.497 e. The van der Waals surface area contributed by atoms with Crippen molar-refractivity contribution in [1.82, 2.24) is 25.1 Å². The summed E-state index contributed by atoms with van der Waals surface area (Å²) in [4.78, 5) is 41.2. The number of anilines is 1. The third-order valence-corrected chi connectivity index (χ3v) is 8.51. The van der Waals surface area contributed by atoms with Gasteiger partial charge in [0, 0.05) is 5.56 Å². The molecule has 2 aromatic heterocycles. The molecule has 0 saturated carbocycles. The Morgan fingerprint density at radius 1 is 0.865 bits per heavy atom. The van der Waals surface area contributed by atoms with E-state index in [1.54, 1.807) is 82.9 Å². The van der Waals surface area contributed by atoms with Crippen molar-refractivity contribution in [2.24, 2.45) is 5.41 Å². The van der Waals surface area contributed by atoms with Crippen LogP contribution in [0.25, 0.3) is 11.3 Å². The molecule has 0 bridgehead atoms. The van der Waals surface area contributed by atoms with Crippen LogP contribution in [0.4, 0.5) is 14.5 Å². The van der Waals surface area contributed by atoms with Crippen molar-refractivity contribution in [3.63, 3.8) is 0 Å². The Morgan fingerprint density at radius 3 is 1.85 bits per heavy atom. The first-order valence-corrected chi connectivity index (χ1v) is 17.1. The van der Waals surface area contributed by atoms with E-state index in [2.05, 4.69) is 25.6 Å². The van der Waals surface area contributed by atoms with E-state index < -0.39 is 34.6 Å². The van der Waals surface area contributed by atoms with Gasteiger partial charge in [-0.2, -0.15) is 9.97 Å². The summed E-state index contributed by atoms with van der Waals surface area (Å²) in [6, 6.07) is 16.0. The number of halogens is 2. The highest BCUT2D eigenvalue weighted by molar-refractivity contribution is 7.98. The fourth-order valence-electron chi connectivity index (χ4n) is 4.44. The van der Waals surface area contributed by atoms with Gasteiger partial charge in [0.15, 0.2) is 10.7 Å². The van der Waals surface area contributed by atoms with E-state index in [1.165, 1.54) is 18.0 Å². The van der Waals surface area contributed by atoms with E-state index in [0.29, 0.717) is 17.9 Å². The van der Waals surface area contributed by atoms with Gasteiger partial charge in [-0.3, -0.25) is 4.79 Å². The second-order valence-corrected chi connectivity index (χ2v) is 12.6. The monoisotopic (exact) mass is 734 g/mol. The smallest absolute Gasteiger partial charge is 0.340 e. The molecule has 0 fully saturated rings. The first kappa shape index (κ1) is 37.5. The Hall–Kier alpha value is -5.77. The van der Waals surface area contributed by atoms with Crippen LogP contribution in [0.3, 0.4) is 0 Å². The van der Waals surface area contributed by atoms with Crippen LogP contribution in [0.2, 0.25) is 0 Å². The van der Waals surface area contributed by atoms with Gasteiger partial charge in [0.25, 0.3) is 5.91 Å². The zero-order valence-corrected chi connectivity index (χ0v) is 30.0. The maximum Gasteiger partial charge on any atom is 0.340 e. The number of ether oxygens (including phenoxy) is 4. The average Bonchev–Trinajstić information content (AvgIpc) is 3.63. The Labute approximate surface area is 302 Å². The second kappa shape index (κ2) is 16.5. The number of nitrogens with zero attached hydrogens (tertiary/aromatic N) is 5. The quantitative estimate of drug-likeness (QED) is 0.0706. The molecule has 272 valence electrons. The lowest BCUT2D eigenvalue weighted by Gasteiger charge is -2.18. The predicted molar refractivity (Wildman–Crippen MR) is 187 cm³/mol. The van der Waals surface area contributed by atoms with Crippen LogP contribution in [0.15, 0.2) is 72.0 Å². The third kappa shape index (κ3) is 8.93. The SMILES string of the molecule is CCC(C)(C)C(=O)On1cc(-c2cc(F)c(NC(=O)c3c(OCc4ccc(OC)cc4)nc(SC)nc3OCc3ccc(OC)cc3)c(F)c2)nn1. The molecule has 13 nitrogen and oxygen atoms in total. The Morgan fingerprint density at radius 2 is 1.38 bits per heavy atom. The van der Waals surface area contributed by atoms with Crippen molar-refractivity contribution in [2.45, 2.75) is 45.6 Å². The van der Waals surface area contributed by atoms with Crippen molar-refractivity contribution < 1.29 is 42.2 Å². The molecule has 0 saturated heterocycles. The first-order chi connectivity index (χ1) is 24.9. The summed E-state index contributed by atoms with van der Waals surface area (Å²) in [5.41, 5.74) is -0.384. The second-order valence-electron chi connectivity index (χ2n) is 11.9. The minimum atomic E-state index is -1.12. The van der Waals surface area contributed by atoms with Crippen LogP contribution in [0.5, 0.6) is 23.3 Å². The van der Waals surface area contributed by atoms with Gasteiger partial charge < -0.3 is 29.1 Å². The van der Waals surface area contributed by atoms with E-state index >= 15 is 8.78 Å². The molecule has 0 aliphatic heterocycles. The van der Waals surface area contributed by atoms with E-state index in [4.69, 9.17) is 23.8 Å². The molecule has 3 aromatic carbocycles. The van der Waals surface area contributed by atoms with Crippen LogP contribution < -0.4 is 29.1 Å². The number of carbonyl (C=O) groups is 2. The number of thioether (sulfide) groups is 1. The van der Waals surface area contributed by atoms with Gasteiger partial charge in [-0.1, -0.05) is 47.8 Å².